The van der Waals surface area contributed by atoms with Gasteiger partial charge in [0.15, 0.2) is 11.1 Å². The zero-order valence-electron chi connectivity index (χ0n) is 21.4. The Morgan fingerprint density at radius 1 is 1.05 bits per heavy atom. The van der Waals surface area contributed by atoms with Crippen LogP contribution in [0.25, 0.3) is 33.2 Å². The first-order chi connectivity index (χ1) is 17.7. The molecule has 37 heavy (non-hydrogen) atoms. The molecule has 188 valence electrons. The largest absolute Gasteiger partial charge is 0.455 e. The molecule has 0 aliphatic carbocycles. The van der Waals surface area contributed by atoms with Gasteiger partial charge in [-0.05, 0) is 82.6 Å². The van der Waals surface area contributed by atoms with Crippen LogP contribution in [0.5, 0.6) is 0 Å². The van der Waals surface area contributed by atoms with Gasteiger partial charge in [0.25, 0.3) is 5.91 Å². The van der Waals surface area contributed by atoms with E-state index in [1.54, 1.807) is 19.9 Å². The van der Waals surface area contributed by atoms with Gasteiger partial charge < -0.3 is 14.7 Å². The highest BCUT2D eigenvalue weighted by Gasteiger charge is 2.21. The molecule has 0 saturated carbocycles. The Morgan fingerprint density at radius 3 is 2.59 bits per heavy atom. The molecular weight excluding hydrogens is 466 g/mol. The maximum atomic E-state index is 13.5. The number of nitrogen functional groups attached to an aromatic ring is 1. The number of fused-ring (bicyclic) bond motifs is 2. The lowest BCUT2D eigenvalue weighted by atomic mass is 9.98. The summed E-state index contributed by atoms with van der Waals surface area (Å²) < 4.78 is 6.51. The lowest BCUT2D eigenvalue weighted by molar-refractivity contribution is 0.0949. The van der Waals surface area contributed by atoms with Gasteiger partial charge in [-0.3, -0.25) is 15.0 Å². The van der Waals surface area contributed by atoms with Gasteiger partial charge in [-0.25, -0.2) is 10.8 Å². The number of H-pyrrole nitrogens is 1. The molecule has 0 spiro atoms. The highest BCUT2D eigenvalue weighted by Crippen LogP contribution is 2.33. The van der Waals surface area contributed by atoms with Crippen molar-refractivity contribution < 1.29 is 9.21 Å². The van der Waals surface area contributed by atoms with Gasteiger partial charge in [0.05, 0.1) is 17.1 Å². The van der Waals surface area contributed by atoms with E-state index in [0.29, 0.717) is 33.7 Å². The second-order valence-corrected chi connectivity index (χ2v) is 9.56. The third-order valence-electron chi connectivity index (χ3n) is 6.63. The predicted molar refractivity (Wildman–Crippen MR) is 147 cm³/mol. The molecule has 8 heteroatoms. The number of aryl methyl sites for hydroxylation is 3. The van der Waals surface area contributed by atoms with Gasteiger partial charge in [0.1, 0.15) is 11.3 Å². The topological polar surface area (TPSA) is 126 Å². The minimum atomic E-state index is -0.493. The van der Waals surface area contributed by atoms with Crippen LogP contribution in [0.15, 0.2) is 57.7 Å². The summed E-state index contributed by atoms with van der Waals surface area (Å²) in [5.74, 6) is 5.42. The molecule has 0 radical (unpaired) electrons. The average molecular weight is 496 g/mol. The second-order valence-electron chi connectivity index (χ2n) is 9.56. The number of aromatic nitrogens is 2. The molecule has 8 nitrogen and oxygen atoms in total. The summed E-state index contributed by atoms with van der Waals surface area (Å²) in [6.45, 7) is 9.51. The number of carbonyl (C=O) groups excluding carboxylic acids is 1. The van der Waals surface area contributed by atoms with Crippen molar-refractivity contribution in [2.45, 2.75) is 40.7 Å². The van der Waals surface area contributed by atoms with E-state index in [1.165, 1.54) is 0 Å². The zero-order chi connectivity index (χ0) is 26.4. The number of pyridine rings is 1. The standard InChI is InChI=1S/C29H29N5O3/c1-14-10-21(18(5)33-24-8-6-15(2)32-25(24)29(36)34-30)28-22(11-14)26(35)17(4)27(37-28)19-7-9-23-20(13-19)12-16(3)31-23/h6-13,18,31,33H,30H2,1-5H3,(H,34,36)/t18-/m1/s1. The fourth-order valence-corrected chi connectivity index (χ4v) is 4.81. The van der Waals surface area contributed by atoms with Gasteiger partial charge in [-0.15, -0.1) is 0 Å². The smallest absolute Gasteiger partial charge is 0.285 e. The van der Waals surface area contributed by atoms with Crippen LogP contribution in [-0.4, -0.2) is 15.9 Å². The first-order valence-corrected chi connectivity index (χ1v) is 12.1. The normalized spacial score (nSPS) is 12.2. The van der Waals surface area contributed by atoms with Crippen molar-refractivity contribution >= 4 is 33.5 Å². The van der Waals surface area contributed by atoms with Crippen LogP contribution >= 0.6 is 0 Å². The highest BCUT2D eigenvalue weighted by molar-refractivity contribution is 5.97. The van der Waals surface area contributed by atoms with Gasteiger partial charge >= 0.3 is 0 Å². The lowest BCUT2D eigenvalue weighted by Crippen LogP contribution is -2.31. The minimum absolute atomic E-state index is 0.0704. The Hall–Kier alpha value is -4.43. The Bertz CT molecular complexity index is 1750. The molecule has 0 unspecified atom stereocenters. The molecule has 3 heterocycles. The number of benzene rings is 2. The van der Waals surface area contributed by atoms with Crippen molar-refractivity contribution in [2.75, 3.05) is 5.32 Å². The first kappa shape index (κ1) is 24.3. The maximum Gasteiger partial charge on any atom is 0.285 e. The summed E-state index contributed by atoms with van der Waals surface area (Å²) >= 11 is 0. The van der Waals surface area contributed by atoms with E-state index in [4.69, 9.17) is 10.3 Å². The molecule has 1 amide bonds. The molecule has 0 aliphatic rings. The van der Waals surface area contributed by atoms with Crippen LogP contribution in [-0.2, 0) is 0 Å². The fraction of sp³-hybridized carbons (Fsp3) is 0.207. The maximum absolute atomic E-state index is 13.5. The van der Waals surface area contributed by atoms with Crippen LogP contribution in [0.1, 0.15) is 51.5 Å². The molecule has 0 bridgehead atoms. The summed E-state index contributed by atoms with van der Waals surface area (Å²) in [6.07, 6.45) is 0. The van der Waals surface area contributed by atoms with E-state index in [2.05, 4.69) is 26.8 Å². The van der Waals surface area contributed by atoms with Gasteiger partial charge in [-0.1, -0.05) is 6.07 Å². The second kappa shape index (κ2) is 9.22. The Labute approximate surface area is 213 Å². The van der Waals surface area contributed by atoms with Crippen LogP contribution < -0.4 is 22.0 Å². The number of anilines is 1. The number of hydrogen-bond donors (Lipinski definition) is 4. The third kappa shape index (κ3) is 4.36. The Kier molecular flexibility index (Phi) is 6.05. The molecule has 5 rings (SSSR count). The minimum Gasteiger partial charge on any atom is -0.455 e. The first-order valence-electron chi connectivity index (χ1n) is 12.1. The summed E-state index contributed by atoms with van der Waals surface area (Å²) in [6, 6.07) is 15.2. The molecule has 2 aromatic carbocycles. The summed E-state index contributed by atoms with van der Waals surface area (Å²) in [5.41, 5.74) is 9.21. The number of rotatable bonds is 5. The number of nitrogens with one attached hydrogen (secondary N) is 3. The number of hydrogen-bond acceptors (Lipinski definition) is 6. The van der Waals surface area contributed by atoms with Crippen LogP contribution in [0.2, 0.25) is 0 Å². The van der Waals surface area contributed by atoms with Crippen molar-refractivity contribution in [3.63, 3.8) is 0 Å². The third-order valence-corrected chi connectivity index (χ3v) is 6.63. The van der Waals surface area contributed by atoms with E-state index in [9.17, 15) is 9.59 Å². The monoisotopic (exact) mass is 495 g/mol. The molecular formula is C29H29N5O3. The SMILES string of the molecule is Cc1cc([C@@H](C)Nc2ccc(C)nc2C(=O)NN)c2oc(-c3ccc4[nH]c(C)cc4c3)c(C)c(=O)c2c1. The average Bonchev–Trinajstić information content (AvgIpc) is 3.25. The summed E-state index contributed by atoms with van der Waals surface area (Å²) in [7, 11) is 0. The quantitative estimate of drug-likeness (QED) is 0.148. The Morgan fingerprint density at radius 2 is 1.84 bits per heavy atom. The molecule has 0 fully saturated rings. The van der Waals surface area contributed by atoms with Gasteiger partial charge in [0, 0.05) is 39.0 Å². The zero-order valence-corrected chi connectivity index (χ0v) is 21.4. The van der Waals surface area contributed by atoms with Crippen LogP contribution in [0.4, 0.5) is 5.69 Å². The summed E-state index contributed by atoms with van der Waals surface area (Å²) in [4.78, 5) is 33.6. The van der Waals surface area contributed by atoms with Crippen molar-refractivity contribution in [3.8, 4) is 11.3 Å². The van der Waals surface area contributed by atoms with Crippen molar-refractivity contribution in [1.82, 2.24) is 15.4 Å². The summed E-state index contributed by atoms with van der Waals surface area (Å²) in [5, 5.41) is 4.93. The van der Waals surface area contributed by atoms with Gasteiger partial charge in [0.2, 0.25) is 0 Å². The Balaban J connectivity index is 1.66. The number of amides is 1. The molecule has 0 saturated heterocycles. The number of aromatic amines is 1. The van der Waals surface area contributed by atoms with Crippen LogP contribution in [0, 0.1) is 27.7 Å². The molecule has 3 aromatic heterocycles. The molecule has 5 N–H and O–H groups in total. The molecule has 0 aliphatic heterocycles. The van der Waals surface area contributed by atoms with E-state index in [1.807, 2.05) is 57.2 Å². The van der Waals surface area contributed by atoms with Crippen molar-refractivity contribution in [3.05, 3.63) is 92.5 Å². The predicted octanol–water partition coefficient (Wildman–Crippen LogP) is 5.35. The van der Waals surface area contributed by atoms with Crippen molar-refractivity contribution in [2.24, 2.45) is 5.84 Å². The van der Waals surface area contributed by atoms with Gasteiger partial charge in [-0.2, -0.15) is 0 Å². The number of hydrazine groups is 1. The molecule has 1 atom stereocenters. The number of carbonyl (C=O) groups is 1. The lowest BCUT2D eigenvalue weighted by Gasteiger charge is -2.20. The van der Waals surface area contributed by atoms with E-state index >= 15 is 0 Å². The number of nitrogens with two attached hydrogens (primary N) is 1. The van der Waals surface area contributed by atoms with Crippen molar-refractivity contribution in [1.29, 1.82) is 0 Å². The molecule has 5 aromatic rings. The number of nitrogens with zero attached hydrogens (tertiary/aromatic N) is 1. The van der Waals surface area contributed by atoms with Crippen LogP contribution in [0.3, 0.4) is 0 Å². The van der Waals surface area contributed by atoms with E-state index in [-0.39, 0.29) is 17.2 Å². The van der Waals surface area contributed by atoms with E-state index in [0.717, 1.165) is 33.3 Å². The highest BCUT2D eigenvalue weighted by atomic mass is 16.3. The van der Waals surface area contributed by atoms with E-state index < -0.39 is 5.91 Å². The fourth-order valence-electron chi connectivity index (χ4n) is 4.81.